The lowest BCUT2D eigenvalue weighted by atomic mass is 10.0. The van der Waals surface area contributed by atoms with Crippen LogP contribution in [0, 0.1) is 0 Å². The molecule has 2 aromatic rings. The number of carboxylic acid groups (broad SMARTS) is 1. The zero-order valence-corrected chi connectivity index (χ0v) is 13.6. The van der Waals surface area contributed by atoms with Gasteiger partial charge in [0.15, 0.2) is 0 Å². The Morgan fingerprint density at radius 3 is 2.74 bits per heavy atom. The molecule has 0 saturated carbocycles. The Kier molecular flexibility index (Phi) is 4.98. The summed E-state index contributed by atoms with van der Waals surface area (Å²) in [5.74, 6) is -0.761. The molecule has 1 aromatic carbocycles. The van der Waals surface area contributed by atoms with E-state index in [9.17, 15) is 4.79 Å². The molecule has 0 aliphatic carbocycles. The lowest BCUT2D eigenvalue weighted by Gasteiger charge is -2.06. The average Bonchev–Trinajstić information content (AvgIpc) is 2.71. The van der Waals surface area contributed by atoms with Crippen LogP contribution in [0.1, 0.15) is 24.1 Å². The average molecular weight is 334 g/mol. The number of carbonyl (C=O) groups is 1. The van der Waals surface area contributed by atoms with Crippen LogP contribution < -0.4 is 5.32 Å². The SMILES string of the molecule is O=C(O)CCCn1nc(-c2ccc(Cl)cc2)c2c1CCNCC2. The molecule has 2 N–H and O–H groups in total. The van der Waals surface area contributed by atoms with Crippen LogP contribution in [-0.2, 0) is 24.2 Å². The minimum atomic E-state index is -0.761. The number of aromatic nitrogens is 2. The normalized spacial score (nSPS) is 14.3. The number of hydrogen-bond donors (Lipinski definition) is 2. The molecule has 2 heterocycles. The summed E-state index contributed by atoms with van der Waals surface area (Å²) in [5.41, 5.74) is 4.55. The first kappa shape index (κ1) is 16.0. The van der Waals surface area contributed by atoms with Gasteiger partial charge in [-0.25, -0.2) is 0 Å². The predicted octanol–water partition coefficient (Wildman–Crippen LogP) is 2.76. The third-order valence-corrected chi connectivity index (χ3v) is 4.39. The zero-order valence-electron chi connectivity index (χ0n) is 12.9. The smallest absolute Gasteiger partial charge is 0.303 e. The summed E-state index contributed by atoms with van der Waals surface area (Å²) in [6.07, 6.45) is 2.62. The molecule has 0 radical (unpaired) electrons. The van der Waals surface area contributed by atoms with Crippen molar-refractivity contribution in [1.82, 2.24) is 15.1 Å². The molecule has 6 heteroatoms. The molecule has 1 aliphatic rings. The van der Waals surface area contributed by atoms with Crippen LogP contribution in [0.3, 0.4) is 0 Å². The molecular formula is C17H20ClN3O2. The van der Waals surface area contributed by atoms with Gasteiger partial charge in [-0.2, -0.15) is 5.10 Å². The first-order chi connectivity index (χ1) is 11.1. The second kappa shape index (κ2) is 7.15. The minimum absolute atomic E-state index is 0.170. The maximum Gasteiger partial charge on any atom is 0.303 e. The predicted molar refractivity (Wildman–Crippen MR) is 89.8 cm³/mol. The van der Waals surface area contributed by atoms with Crippen molar-refractivity contribution in [2.45, 2.75) is 32.2 Å². The molecule has 0 amide bonds. The lowest BCUT2D eigenvalue weighted by Crippen LogP contribution is -2.17. The third-order valence-electron chi connectivity index (χ3n) is 4.14. The first-order valence-electron chi connectivity index (χ1n) is 7.92. The van der Waals surface area contributed by atoms with E-state index in [1.165, 1.54) is 11.3 Å². The number of rotatable bonds is 5. The quantitative estimate of drug-likeness (QED) is 0.883. The molecule has 122 valence electrons. The van der Waals surface area contributed by atoms with Gasteiger partial charge in [0.25, 0.3) is 0 Å². The summed E-state index contributed by atoms with van der Waals surface area (Å²) in [6, 6.07) is 7.74. The van der Waals surface area contributed by atoms with Gasteiger partial charge in [0, 0.05) is 47.8 Å². The van der Waals surface area contributed by atoms with Crippen LogP contribution in [0.5, 0.6) is 0 Å². The number of aliphatic carboxylic acids is 1. The number of aryl methyl sites for hydroxylation is 1. The Balaban J connectivity index is 1.93. The van der Waals surface area contributed by atoms with Crippen molar-refractivity contribution in [3.05, 3.63) is 40.5 Å². The molecule has 0 bridgehead atoms. The van der Waals surface area contributed by atoms with Crippen LogP contribution in [0.2, 0.25) is 5.02 Å². The maximum atomic E-state index is 10.7. The maximum absolute atomic E-state index is 10.7. The van der Waals surface area contributed by atoms with E-state index in [1.807, 2.05) is 28.9 Å². The molecule has 1 aromatic heterocycles. The van der Waals surface area contributed by atoms with E-state index in [2.05, 4.69) is 5.32 Å². The van der Waals surface area contributed by atoms with Gasteiger partial charge in [-0.15, -0.1) is 0 Å². The van der Waals surface area contributed by atoms with Gasteiger partial charge in [-0.3, -0.25) is 9.48 Å². The molecular weight excluding hydrogens is 314 g/mol. The summed E-state index contributed by atoms with van der Waals surface area (Å²) in [7, 11) is 0. The summed E-state index contributed by atoms with van der Waals surface area (Å²) in [5, 5.41) is 17.7. The number of carboxylic acids is 1. The van der Waals surface area contributed by atoms with Gasteiger partial charge in [-0.1, -0.05) is 23.7 Å². The van der Waals surface area contributed by atoms with Gasteiger partial charge >= 0.3 is 5.97 Å². The van der Waals surface area contributed by atoms with E-state index in [0.29, 0.717) is 18.0 Å². The van der Waals surface area contributed by atoms with E-state index in [1.54, 1.807) is 0 Å². The van der Waals surface area contributed by atoms with Crippen molar-refractivity contribution in [3.8, 4) is 11.3 Å². The number of benzene rings is 1. The van der Waals surface area contributed by atoms with Crippen LogP contribution in [0.4, 0.5) is 0 Å². The summed E-state index contributed by atoms with van der Waals surface area (Å²) in [6.45, 7) is 2.51. The largest absolute Gasteiger partial charge is 0.481 e. The third kappa shape index (κ3) is 3.74. The zero-order chi connectivity index (χ0) is 16.2. The Bertz CT molecular complexity index is 695. The highest BCUT2D eigenvalue weighted by Crippen LogP contribution is 2.28. The Hall–Kier alpha value is -1.85. The van der Waals surface area contributed by atoms with E-state index >= 15 is 0 Å². The molecule has 1 aliphatic heterocycles. The molecule has 3 rings (SSSR count). The number of nitrogens with one attached hydrogen (secondary N) is 1. The number of hydrogen-bond acceptors (Lipinski definition) is 3. The van der Waals surface area contributed by atoms with Gasteiger partial charge in [0.1, 0.15) is 0 Å². The van der Waals surface area contributed by atoms with Gasteiger partial charge in [0.2, 0.25) is 0 Å². The van der Waals surface area contributed by atoms with E-state index in [0.717, 1.165) is 37.2 Å². The molecule has 23 heavy (non-hydrogen) atoms. The van der Waals surface area contributed by atoms with Crippen LogP contribution in [0.25, 0.3) is 11.3 Å². The molecule has 0 saturated heterocycles. The van der Waals surface area contributed by atoms with Crippen molar-refractivity contribution >= 4 is 17.6 Å². The van der Waals surface area contributed by atoms with Crippen molar-refractivity contribution in [1.29, 1.82) is 0 Å². The van der Waals surface area contributed by atoms with E-state index in [4.69, 9.17) is 21.8 Å². The molecule has 5 nitrogen and oxygen atoms in total. The first-order valence-corrected chi connectivity index (χ1v) is 8.30. The van der Waals surface area contributed by atoms with Crippen molar-refractivity contribution in [2.24, 2.45) is 0 Å². The number of nitrogens with zero attached hydrogens (tertiary/aromatic N) is 2. The molecule has 0 spiro atoms. The van der Waals surface area contributed by atoms with Gasteiger partial charge in [-0.05, 0) is 31.5 Å². The van der Waals surface area contributed by atoms with Gasteiger partial charge in [0.05, 0.1) is 5.69 Å². The highest BCUT2D eigenvalue weighted by atomic mass is 35.5. The van der Waals surface area contributed by atoms with Crippen molar-refractivity contribution in [2.75, 3.05) is 13.1 Å². The highest BCUT2D eigenvalue weighted by molar-refractivity contribution is 6.30. The second-order valence-corrected chi connectivity index (χ2v) is 6.19. The fraction of sp³-hybridized carbons (Fsp3) is 0.412. The second-order valence-electron chi connectivity index (χ2n) is 5.75. The minimum Gasteiger partial charge on any atom is -0.481 e. The van der Waals surface area contributed by atoms with Crippen LogP contribution in [-0.4, -0.2) is 33.9 Å². The van der Waals surface area contributed by atoms with E-state index < -0.39 is 5.97 Å². The van der Waals surface area contributed by atoms with E-state index in [-0.39, 0.29) is 6.42 Å². The topological polar surface area (TPSA) is 67.1 Å². The molecule has 0 atom stereocenters. The number of fused-ring (bicyclic) bond motifs is 1. The highest BCUT2D eigenvalue weighted by Gasteiger charge is 2.20. The number of halogens is 1. The molecule has 0 fully saturated rings. The summed E-state index contributed by atoms with van der Waals surface area (Å²) in [4.78, 5) is 10.7. The fourth-order valence-electron chi connectivity index (χ4n) is 3.03. The summed E-state index contributed by atoms with van der Waals surface area (Å²) < 4.78 is 2.00. The molecule has 0 unspecified atom stereocenters. The van der Waals surface area contributed by atoms with Crippen molar-refractivity contribution < 1.29 is 9.90 Å². The Morgan fingerprint density at radius 2 is 2.00 bits per heavy atom. The standard InChI is InChI=1S/C17H20ClN3O2/c18-13-5-3-12(4-6-13)17-14-7-9-19-10-8-15(14)21(20-17)11-1-2-16(22)23/h3-6,19H,1-2,7-11H2,(H,22,23). The Labute approximate surface area is 140 Å². The monoisotopic (exact) mass is 333 g/mol. The van der Waals surface area contributed by atoms with Crippen molar-refractivity contribution in [3.63, 3.8) is 0 Å². The van der Waals surface area contributed by atoms with Crippen LogP contribution in [0.15, 0.2) is 24.3 Å². The lowest BCUT2D eigenvalue weighted by molar-refractivity contribution is -0.137. The fourth-order valence-corrected chi connectivity index (χ4v) is 3.15. The Morgan fingerprint density at radius 1 is 1.26 bits per heavy atom. The van der Waals surface area contributed by atoms with Gasteiger partial charge < -0.3 is 10.4 Å². The van der Waals surface area contributed by atoms with Crippen LogP contribution >= 0.6 is 11.6 Å². The summed E-state index contributed by atoms with van der Waals surface area (Å²) >= 11 is 5.98.